The van der Waals surface area contributed by atoms with Gasteiger partial charge in [-0.3, -0.25) is 4.79 Å². The summed E-state index contributed by atoms with van der Waals surface area (Å²) in [5.41, 5.74) is 0.416. The highest BCUT2D eigenvalue weighted by Gasteiger charge is 2.31. The van der Waals surface area contributed by atoms with Crippen LogP contribution in [0.15, 0.2) is 54.6 Å². The second-order valence-electron chi connectivity index (χ2n) is 7.77. The van der Waals surface area contributed by atoms with Crippen molar-refractivity contribution in [3.63, 3.8) is 0 Å². The molecule has 28 heavy (non-hydrogen) atoms. The number of nitrogens with zero attached hydrogens (tertiary/aromatic N) is 2. The van der Waals surface area contributed by atoms with E-state index in [-0.39, 0.29) is 18.5 Å². The maximum atomic E-state index is 12.6. The summed E-state index contributed by atoms with van der Waals surface area (Å²) in [5, 5.41) is 0. The third-order valence-corrected chi connectivity index (χ3v) is 4.17. The van der Waals surface area contributed by atoms with Crippen molar-refractivity contribution in [3.05, 3.63) is 60.2 Å². The molecule has 2 aromatic carbocycles. The second kappa shape index (κ2) is 8.33. The van der Waals surface area contributed by atoms with E-state index < -0.39 is 5.60 Å². The molecule has 0 radical (unpaired) electrons. The van der Waals surface area contributed by atoms with E-state index in [0.717, 1.165) is 17.1 Å². The minimum absolute atomic E-state index is 0.0240. The first-order chi connectivity index (χ1) is 13.3. The van der Waals surface area contributed by atoms with Gasteiger partial charge < -0.3 is 19.3 Å². The lowest BCUT2D eigenvalue weighted by Gasteiger charge is -2.22. The average Bonchev–Trinajstić information content (AvgIpc) is 2.95. The molecule has 0 saturated carbocycles. The first-order valence-corrected chi connectivity index (χ1v) is 9.38. The van der Waals surface area contributed by atoms with E-state index >= 15 is 0 Å². The highest BCUT2D eigenvalue weighted by Crippen LogP contribution is 2.23. The van der Waals surface area contributed by atoms with E-state index in [1.807, 2.05) is 75.4 Å². The fraction of sp³-hybridized carbons (Fsp3) is 0.364. The molecule has 0 aliphatic carbocycles. The molecule has 148 valence electrons. The molecule has 2 aromatic rings. The van der Waals surface area contributed by atoms with Crippen LogP contribution < -0.4 is 4.74 Å². The monoisotopic (exact) mass is 382 g/mol. The molecule has 1 saturated heterocycles. The van der Waals surface area contributed by atoms with Crippen molar-refractivity contribution >= 4 is 12.0 Å². The van der Waals surface area contributed by atoms with E-state index in [2.05, 4.69) is 0 Å². The molecular weight excluding hydrogens is 356 g/mol. The van der Waals surface area contributed by atoms with Crippen molar-refractivity contribution in [2.24, 2.45) is 0 Å². The van der Waals surface area contributed by atoms with Crippen molar-refractivity contribution in [3.8, 4) is 11.5 Å². The molecule has 1 fully saturated rings. The van der Waals surface area contributed by atoms with Crippen LogP contribution in [0.1, 0.15) is 26.3 Å². The van der Waals surface area contributed by atoms with E-state index in [4.69, 9.17) is 9.47 Å². The summed E-state index contributed by atoms with van der Waals surface area (Å²) in [7, 11) is 0. The fourth-order valence-electron chi connectivity index (χ4n) is 3.01. The molecule has 0 spiro atoms. The van der Waals surface area contributed by atoms with Crippen molar-refractivity contribution in [1.29, 1.82) is 0 Å². The van der Waals surface area contributed by atoms with Crippen molar-refractivity contribution in [1.82, 2.24) is 9.80 Å². The number of urea groups is 1. The second-order valence-corrected chi connectivity index (χ2v) is 7.77. The molecule has 0 unspecified atom stereocenters. The van der Waals surface area contributed by atoms with Gasteiger partial charge in [-0.2, -0.15) is 0 Å². The number of benzene rings is 2. The smallest absolute Gasteiger partial charge is 0.326 e. The number of carbonyl (C=O) groups is 2. The molecule has 3 rings (SSSR count). The van der Waals surface area contributed by atoms with Crippen LogP contribution in [0.2, 0.25) is 0 Å². The Labute approximate surface area is 165 Å². The average molecular weight is 382 g/mol. The summed E-state index contributed by atoms with van der Waals surface area (Å²) >= 11 is 0. The molecule has 2 amide bonds. The molecule has 1 aliphatic rings. The standard InChI is InChI=1S/C22H26N2O4/c1-22(2,3)28-20(25)16-24-13-12-23(21(24)26)15-17-8-7-11-19(14-17)27-18-9-5-4-6-10-18/h4-11,14H,12-13,15-16H2,1-3H3. The summed E-state index contributed by atoms with van der Waals surface area (Å²) in [4.78, 5) is 27.8. The Hall–Kier alpha value is -3.02. The Morgan fingerprint density at radius 2 is 1.64 bits per heavy atom. The fourth-order valence-corrected chi connectivity index (χ4v) is 3.01. The predicted molar refractivity (Wildman–Crippen MR) is 106 cm³/mol. The molecule has 0 atom stereocenters. The number of amides is 2. The van der Waals surface area contributed by atoms with Gasteiger partial charge in [0.1, 0.15) is 23.6 Å². The quantitative estimate of drug-likeness (QED) is 0.707. The van der Waals surface area contributed by atoms with Gasteiger partial charge in [-0.25, -0.2) is 4.79 Å². The zero-order valence-corrected chi connectivity index (χ0v) is 16.6. The number of para-hydroxylation sites is 1. The Morgan fingerprint density at radius 1 is 0.964 bits per heavy atom. The van der Waals surface area contributed by atoms with E-state index in [1.54, 1.807) is 4.90 Å². The summed E-state index contributed by atoms with van der Waals surface area (Å²) < 4.78 is 11.2. The van der Waals surface area contributed by atoms with Crippen LogP contribution in [-0.4, -0.2) is 47.0 Å². The lowest BCUT2D eigenvalue weighted by Crippen LogP contribution is -2.37. The van der Waals surface area contributed by atoms with Crippen LogP contribution in [-0.2, 0) is 16.1 Å². The molecule has 6 heteroatoms. The lowest BCUT2D eigenvalue weighted by molar-refractivity contribution is -0.155. The Kier molecular flexibility index (Phi) is 5.87. The van der Waals surface area contributed by atoms with Gasteiger partial charge in [-0.15, -0.1) is 0 Å². The first-order valence-electron chi connectivity index (χ1n) is 9.38. The third-order valence-electron chi connectivity index (χ3n) is 4.17. The van der Waals surface area contributed by atoms with Crippen LogP contribution >= 0.6 is 0 Å². The van der Waals surface area contributed by atoms with Crippen LogP contribution in [0, 0.1) is 0 Å². The Morgan fingerprint density at radius 3 is 2.36 bits per heavy atom. The largest absolute Gasteiger partial charge is 0.459 e. The van der Waals surface area contributed by atoms with Gasteiger partial charge in [0.25, 0.3) is 0 Å². The molecular formula is C22H26N2O4. The SMILES string of the molecule is CC(C)(C)OC(=O)CN1CCN(Cc2cccc(Oc3ccccc3)c2)C1=O. The molecule has 1 heterocycles. The van der Waals surface area contributed by atoms with Gasteiger partial charge in [-0.05, 0) is 50.6 Å². The molecule has 0 bridgehead atoms. The van der Waals surface area contributed by atoms with Gasteiger partial charge in [0, 0.05) is 19.6 Å². The van der Waals surface area contributed by atoms with Gasteiger partial charge in [-0.1, -0.05) is 30.3 Å². The molecule has 1 aliphatic heterocycles. The van der Waals surface area contributed by atoms with E-state index in [1.165, 1.54) is 4.90 Å². The number of esters is 1. The maximum absolute atomic E-state index is 12.6. The van der Waals surface area contributed by atoms with Crippen molar-refractivity contribution in [2.75, 3.05) is 19.6 Å². The predicted octanol–water partition coefficient (Wildman–Crippen LogP) is 4.06. The highest BCUT2D eigenvalue weighted by atomic mass is 16.6. The van der Waals surface area contributed by atoms with Crippen LogP contribution in [0.5, 0.6) is 11.5 Å². The van der Waals surface area contributed by atoms with Crippen molar-refractivity contribution in [2.45, 2.75) is 32.9 Å². The minimum Gasteiger partial charge on any atom is -0.459 e. The Balaban J connectivity index is 1.58. The van der Waals surface area contributed by atoms with Gasteiger partial charge in [0.05, 0.1) is 0 Å². The summed E-state index contributed by atoms with van der Waals surface area (Å²) in [6.07, 6.45) is 0. The molecule has 0 aromatic heterocycles. The summed E-state index contributed by atoms with van der Waals surface area (Å²) in [6, 6.07) is 17.1. The zero-order valence-electron chi connectivity index (χ0n) is 16.6. The topological polar surface area (TPSA) is 59.1 Å². The van der Waals surface area contributed by atoms with Crippen LogP contribution in [0.25, 0.3) is 0 Å². The van der Waals surface area contributed by atoms with Crippen LogP contribution in [0.3, 0.4) is 0 Å². The minimum atomic E-state index is -0.557. The molecule has 6 nitrogen and oxygen atoms in total. The number of hydrogen-bond acceptors (Lipinski definition) is 4. The summed E-state index contributed by atoms with van der Waals surface area (Å²) in [5.74, 6) is 1.10. The van der Waals surface area contributed by atoms with Gasteiger partial charge in [0.15, 0.2) is 0 Å². The van der Waals surface area contributed by atoms with Crippen molar-refractivity contribution < 1.29 is 19.1 Å². The number of hydrogen-bond donors (Lipinski definition) is 0. The first kappa shape index (κ1) is 19.7. The number of rotatable bonds is 6. The van der Waals surface area contributed by atoms with Crippen LogP contribution in [0.4, 0.5) is 4.79 Å². The number of carbonyl (C=O) groups excluding carboxylic acids is 2. The highest BCUT2D eigenvalue weighted by molar-refractivity contribution is 5.82. The zero-order chi connectivity index (χ0) is 20.1. The van der Waals surface area contributed by atoms with Gasteiger partial charge >= 0.3 is 12.0 Å². The van der Waals surface area contributed by atoms with Gasteiger partial charge in [0.2, 0.25) is 0 Å². The normalized spacial score (nSPS) is 14.3. The summed E-state index contributed by atoms with van der Waals surface area (Å²) in [6.45, 7) is 6.97. The number of ether oxygens (including phenoxy) is 2. The van der Waals surface area contributed by atoms with E-state index in [9.17, 15) is 9.59 Å². The maximum Gasteiger partial charge on any atom is 0.326 e. The molecule has 0 N–H and O–H groups in total. The Bertz CT molecular complexity index is 830. The van der Waals surface area contributed by atoms with E-state index in [0.29, 0.717) is 19.6 Å². The third kappa shape index (κ3) is 5.49. The lowest BCUT2D eigenvalue weighted by atomic mass is 10.2.